The smallest absolute Gasteiger partial charge is 0.261 e. The molecule has 4 nitrogen and oxygen atoms in total. The van der Waals surface area contributed by atoms with E-state index < -0.39 is 9.05 Å². The number of aromatic nitrogens is 1. The Balaban J connectivity index is 2.96. The van der Waals surface area contributed by atoms with E-state index in [1.165, 1.54) is 24.4 Å². The lowest BCUT2D eigenvalue weighted by molar-refractivity contribution is 0.460. The molecule has 0 aliphatic carbocycles. The average molecular weight is 244 g/mol. The molecule has 0 radical (unpaired) electrons. The van der Waals surface area contributed by atoms with E-state index in [0.29, 0.717) is 10.8 Å². The second-order valence-electron chi connectivity index (χ2n) is 2.92. The van der Waals surface area contributed by atoms with Crippen LogP contribution in [0, 0.1) is 0 Å². The van der Waals surface area contributed by atoms with Crippen LogP contribution in [0.4, 0.5) is 0 Å². The van der Waals surface area contributed by atoms with Crippen LogP contribution in [0.2, 0.25) is 0 Å². The van der Waals surface area contributed by atoms with E-state index in [0.717, 1.165) is 0 Å². The van der Waals surface area contributed by atoms with Crippen molar-refractivity contribution >= 4 is 30.5 Å². The second kappa shape index (κ2) is 3.36. The van der Waals surface area contributed by atoms with Gasteiger partial charge >= 0.3 is 0 Å². The predicted molar refractivity (Wildman–Crippen MR) is 56.4 cm³/mol. The summed E-state index contributed by atoms with van der Waals surface area (Å²) in [6.45, 7) is 0. The number of hydrogen-bond donors (Lipinski definition) is 1. The zero-order valence-electron chi connectivity index (χ0n) is 7.38. The summed E-state index contributed by atoms with van der Waals surface area (Å²) >= 11 is 0. The normalized spacial score (nSPS) is 11.8. The number of fused-ring (bicyclic) bond motifs is 1. The topological polar surface area (TPSA) is 67.3 Å². The Bertz CT molecular complexity index is 624. The van der Waals surface area contributed by atoms with Crippen molar-refractivity contribution in [1.29, 1.82) is 0 Å². The van der Waals surface area contributed by atoms with Crippen LogP contribution in [0.3, 0.4) is 0 Å². The van der Waals surface area contributed by atoms with E-state index in [-0.39, 0.29) is 10.8 Å². The third-order valence-corrected chi connectivity index (χ3v) is 3.39. The molecule has 2 rings (SSSR count). The lowest BCUT2D eigenvalue weighted by atomic mass is 10.2. The van der Waals surface area contributed by atoms with E-state index in [4.69, 9.17) is 10.7 Å². The van der Waals surface area contributed by atoms with Crippen LogP contribution in [0.1, 0.15) is 0 Å². The van der Waals surface area contributed by atoms with Gasteiger partial charge in [0.1, 0.15) is 0 Å². The molecule has 6 heteroatoms. The first-order valence-electron chi connectivity index (χ1n) is 4.01. The van der Waals surface area contributed by atoms with Crippen LogP contribution in [-0.4, -0.2) is 18.5 Å². The van der Waals surface area contributed by atoms with Crippen molar-refractivity contribution in [1.82, 2.24) is 4.98 Å². The monoisotopic (exact) mass is 243 g/mol. The first-order valence-corrected chi connectivity index (χ1v) is 6.32. The highest BCUT2D eigenvalue weighted by Crippen LogP contribution is 2.29. The number of benzene rings is 1. The maximum Gasteiger partial charge on any atom is 0.261 e. The number of hydrogen-bond acceptors (Lipinski definition) is 4. The lowest BCUT2D eigenvalue weighted by Gasteiger charge is -2.03. The highest BCUT2D eigenvalue weighted by molar-refractivity contribution is 8.14. The molecule has 0 aliphatic rings. The fourth-order valence-corrected chi connectivity index (χ4v) is 2.46. The van der Waals surface area contributed by atoms with Gasteiger partial charge in [0.2, 0.25) is 5.88 Å². The van der Waals surface area contributed by atoms with Crippen molar-refractivity contribution in [2.45, 2.75) is 4.90 Å². The van der Waals surface area contributed by atoms with Gasteiger partial charge in [0, 0.05) is 27.7 Å². The molecular formula is C9H6ClNO3S. The SMILES string of the molecule is O=S(=O)(Cl)c1cccc2c(O)nccc12. The summed E-state index contributed by atoms with van der Waals surface area (Å²) in [5.41, 5.74) is 0. The molecule has 0 aliphatic heterocycles. The van der Waals surface area contributed by atoms with Crippen molar-refractivity contribution in [3.63, 3.8) is 0 Å². The minimum absolute atomic E-state index is 0.0284. The molecule has 1 heterocycles. The molecule has 0 bridgehead atoms. The van der Waals surface area contributed by atoms with E-state index in [2.05, 4.69) is 4.98 Å². The van der Waals surface area contributed by atoms with E-state index >= 15 is 0 Å². The first-order chi connectivity index (χ1) is 7.00. The predicted octanol–water partition coefficient (Wildman–Crippen LogP) is 1.87. The Kier molecular flexibility index (Phi) is 2.28. The van der Waals surface area contributed by atoms with Crippen LogP contribution in [0.25, 0.3) is 10.8 Å². The summed E-state index contributed by atoms with van der Waals surface area (Å²) in [7, 11) is 1.45. The minimum Gasteiger partial charge on any atom is -0.493 e. The lowest BCUT2D eigenvalue weighted by Crippen LogP contribution is -1.92. The standard InChI is InChI=1S/C9H6ClNO3S/c10-15(13,14)8-3-1-2-7-6(8)4-5-11-9(7)12/h1-5H,(H,11,12). The average Bonchev–Trinajstić information content (AvgIpc) is 2.16. The molecule has 0 saturated carbocycles. The number of pyridine rings is 1. The van der Waals surface area contributed by atoms with Gasteiger partial charge in [-0.3, -0.25) is 0 Å². The summed E-state index contributed by atoms with van der Waals surface area (Å²) in [6, 6.07) is 5.94. The maximum absolute atomic E-state index is 11.2. The summed E-state index contributed by atoms with van der Waals surface area (Å²) in [4.78, 5) is 3.62. The van der Waals surface area contributed by atoms with Gasteiger partial charge in [-0.1, -0.05) is 6.07 Å². The zero-order chi connectivity index (χ0) is 11.1. The molecule has 0 unspecified atom stereocenters. The third-order valence-electron chi connectivity index (χ3n) is 2.01. The van der Waals surface area contributed by atoms with Gasteiger partial charge < -0.3 is 5.11 Å². The molecular weight excluding hydrogens is 238 g/mol. The Labute approximate surface area is 90.6 Å². The van der Waals surface area contributed by atoms with Crippen LogP contribution in [0.15, 0.2) is 35.4 Å². The number of nitrogens with zero attached hydrogens (tertiary/aromatic N) is 1. The van der Waals surface area contributed by atoms with E-state index in [1.54, 1.807) is 6.07 Å². The molecule has 1 N–H and O–H groups in total. The maximum atomic E-state index is 11.2. The molecule has 78 valence electrons. The largest absolute Gasteiger partial charge is 0.493 e. The molecule has 0 atom stereocenters. The summed E-state index contributed by atoms with van der Waals surface area (Å²) in [5.74, 6) is -0.213. The Morgan fingerprint density at radius 1 is 1.20 bits per heavy atom. The first kappa shape index (κ1) is 10.2. The Morgan fingerprint density at radius 2 is 1.93 bits per heavy atom. The van der Waals surface area contributed by atoms with Crippen LogP contribution < -0.4 is 0 Å². The molecule has 0 fully saturated rings. The van der Waals surface area contributed by atoms with Crippen molar-refractivity contribution < 1.29 is 13.5 Å². The highest BCUT2D eigenvalue weighted by Gasteiger charge is 2.14. The third kappa shape index (κ3) is 1.75. The molecule has 1 aromatic heterocycles. The van der Waals surface area contributed by atoms with Gasteiger partial charge in [-0.15, -0.1) is 0 Å². The van der Waals surface area contributed by atoms with Crippen molar-refractivity contribution in [2.24, 2.45) is 0 Å². The summed E-state index contributed by atoms with van der Waals surface area (Å²) < 4.78 is 22.4. The molecule has 1 aromatic carbocycles. The van der Waals surface area contributed by atoms with Gasteiger partial charge in [-0.25, -0.2) is 13.4 Å². The summed E-state index contributed by atoms with van der Waals surface area (Å²) in [6.07, 6.45) is 1.32. The van der Waals surface area contributed by atoms with E-state index in [9.17, 15) is 13.5 Å². The van der Waals surface area contributed by atoms with Crippen molar-refractivity contribution in [3.8, 4) is 5.88 Å². The fourth-order valence-electron chi connectivity index (χ4n) is 1.38. The van der Waals surface area contributed by atoms with Crippen LogP contribution in [-0.2, 0) is 9.05 Å². The highest BCUT2D eigenvalue weighted by atomic mass is 35.7. The zero-order valence-corrected chi connectivity index (χ0v) is 8.96. The second-order valence-corrected chi connectivity index (χ2v) is 5.46. The molecule has 0 amide bonds. The molecule has 15 heavy (non-hydrogen) atoms. The summed E-state index contributed by atoms with van der Waals surface area (Å²) in [5, 5.41) is 10.1. The Hall–Kier alpha value is -1.33. The van der Waals surface area contributed by atoms with E-state index in [1.807, 2.05) is 0 Å². The van der Waals surface area contributed by atoms with Gasteiger partial charge in [0.25, 0.3) is 9.05 Å². The van der Waals surface area contributed by atoms with Gasteiger partial charge in [0.15, 0.2) is 0 Å². The molecule has 0 spiro atoms. The fraction of sp³-hybridized carbons (Fsp3) is 0. The quantitative estimate of drug-likeness (QED) is 0.777. The molecule has 0 saturated heterocycles. The van der Waals surface area contributed by atoms with Gasteiger partial charge in [-0.05, 0) is 18.2 Å². The van der Waals surface area contributed by atoms with Crippen LogP contribution >= 0.6 is 10.7 Å². The number of halogens is 1. The molecule has 2 aromatic rings. The Morgan fingerprint density at radius 3 is 2.60 bits per heavy atom. The van der Waals surface area contributed by atoms with Gasteiger partial charge in [-0.2, -0.15) is 0 Å². The van der Waals surface area contributed by atoms with Crippen LogP contribution in [0.5, 0.6) is 5.88 Å². The van der Waals surface area contributed by atoms with Gasteiger partial charge in [0.05, 0.1) is 4.90 Å². The van der Waals surface area contributed by atoms with Crippen molar-refractivity contribution in [2.75, 3.05) is 0 Å². The number of rotatable bonds is 1. The van der Waals surface area contributed by atoms with Crippen molar-refractivity contribution in [3.05, 3.63) is 30.5 Å². The minimum atomic E-state index is -3.81. The number of aromatic hydroxyl groups is 1.